The van der Waals surface area contributed by atoms with Crippen LogP contribution in [0.2, 0.25) is 0 Å². The van der Waals surface area contributed by atoms with E-state index in [1.165, 1.54) is 6.07 Å². The van der Waals surface area contributed by atoms with E-state index in [0.29, 0.717) is 12.0 Å². The summed E-state index contributed by atoms with van der Waals surface area (Å²) in [7, 11) is 1.87. The summed E-state index contributed by atoms with van der Waals surface area (Å²) in [6.07, 6.45) is 3.85. The van der Waals surface area contributed by atoms with Crippen LogP contribution in [-0.4, -0.2) is 9.55 Å². The van der Waals surface area contributed by atoms with Gasteiger partial charge in [-0.05, 0) is 30.2 Å². The quantitative estimate of drug-likeness (QED) is 0.946. The van der Waals surface area contributed by atoms with Gasteiger partial charge in [-0.1, -0.05) is 15.9 Å². The predicted molar refractivity (Wildman–Crippen MR) is 67.9 cm³/mol. The SMILES string of the molecule is Cn1cncc1C(N)Cc1cc(Br)ccc1F. The summed E-state index contributed by atoms with van der Waals surface area (Å²) in [6, 6.07) is 4.61. The van der Waals surface area contributed by atoms with E-state index < -0.39 is 0 Å². The number of imidazole rings is 1. The number of hydrogen-bond donors (Lipinski definition) is 1. The molecule has 0 saturated carbocycles. The molecular weight excluding hydrogens is 285 g/mol. The van der Waals surface area contributed by atoms with E-state index >= 15 is 0 Å². The Hall–Kier alpha value is -1.20. The molecule has 0 fully saturated rings. The molecule has 1 aromatic heterocycles. The van der Waals surface area contributed by atoms with Gasteiger partial charge in [0.05, 0.1) is 18.1 Å². The van der Waals surface area contributed by atoms with Crippen molar-refractivity contribution in [3.8, 4) is 0 Å². The third-order valence-electron chi connectivity index (χ3n) is 2.68. The number of hydrogen-bond acceptors (Lipinski definition) is 2. The highest BCUT2D eigenvalue weighted by Gasteiger charge is 2.13. The second-order valence-corrected chi connectivity index (χ2v) is 4.89. The fourth-order valence-electron chi connectivity index (χ4n) is 1.77. The van der Waals surface area contributed by atoms with E-state index in [0.717, 1.165) is 10.2 Å². The zero-order valence-corrected chi connectivity index (χ0v) is 11.0. The molecule has 1 heterocycles. The standard InChI is InChI=1S/C12H13BrFN3/c1-17-7-16-6-12(17)11(15)5-8-4-9(13)2-3-10(8)14/h2-4,6-7,11H,5,15H2,1H3. The summed E-state index contributed by atoms with van der Waals surface area (Å²) < 4.78 is 16.3. The molecule has 0 aliphatic carbocycles. The first-order chi connectivity index (χ1) is 8.08. The lowest BCUT2D eigenvalue weighted by atomic mass is 10.0. The van der Waals surface area contributed by atoms with Crippen LogP contribution in [0.3, 0.4) is 0 Å². The van der Waals surface area contributed by atoms with Crippen molar-refractivity contribution in [2.75, 3.05) is 0 Å². The molecule has 1 atom stereocenters. The lowest BCUT2D eigenvalue weighted by Gasteiger charge is -2.13. The average molecular weight is 298 g/mol. The summed E-state index contributed by atoms with van der Waals surface area (Å²) >= 11 is 3.32. The van der Waals surface area contributed by atoms with Gasteiger partial charge in [-0.3, -0.25) is 0 Å². The van der Waals surface area contributed by atoms with Crippen molar-refractivity contribution in [2.24, 2.45) is 12.8 Å². The molecule has 2 N–H and O–H groups in total. The van der Waals surface area contributed by atoms with Crippen LogP contribution < -0.4 is 5.73 Å². The Morgan fingerprint density at radius 1 is 1.53 bits per heavy atom. The highest BCUT2D eigenvalue weighted by atomic mass is 79.9. The van der Waals surface area contributed by atoms with Crippen molar-refractivity contribution in [3.63, 3.8) is 0 Å². The van der Waals surface area contributed by atoms with Gasteiger partial charge in [0.1, 0.15) is 5.82 Å². The number of aryl methyl sites for hydroxylation is 1. The zero-order valence-electron chi connectivity index (χ0n) is 9.40. The first kappa shape index (κ1) is 12.3. The molecule has 2 aromatic rings. The molecular formula is C12H13BrFN3. The van der Waals surface area contributed by atoms with E-state index in [9.17, 15) is 4.39 Å². The number of rotatable bonds is 3. The molecule has 5 heteroatoms. The topological polar surface area (TPSA) is 43.8 Å². The van der Waals surface area contributed by atoms with E-state index in [1.807, 2.05) is 11.6 Å². The Kier molecular flexibility index (Phi) is 3.59. The van der Waals surface area contributed by atoms with Crippen LogP contribution in [0.5, 0.6) is 0 Å². The summed E-state index contributed by atoms with van der Waals surface area (Å²) in [4.78, 5) is 4.00. The third-order valence-corrected chi connectivity index (χ3v) is 3.17. The zero-order chi connectivity index (χ0) is 12.4. The molecule has 0 amide bonds. The van der Waals surface area contributed by atoms with Gasteiger partial charge in [-0.2, -0.15) is 0 Å². The van der Waals surface area contributed by atoms with Gasteiger partial charge in [-0.25, -0.2) is 9.37 Å². The summed E-state index contributed by atoms with van der Waals surface area (Å²) in [5, 5.41) is 0. The molecule has 0 aliphatic heterocycles. The monoisotopic (exact) mass is 297 g/mol. The number of nitrogens with two attached hydrogens (primary N) is 1. The average Bonchev–Trinajstić information content (AvgIpc) is 2.70. The summed E-state index contributed by atoms with van der Waals surface area (Å²) in [5.41, 5.74) is 7.55. The normalized spacial score (nSPS) is 12.7. The second kappa shape index (κ2) is 4.98. The van der Waals surface area contributed by atoms with Gasteiger partial charge >= 0.3 is 0 Å². The maximum Gasteiger partial charge on any atom is 0.126 e. The lowest BCUT2D eigenvalue weighted by Crippen LogP contribution is -2.17. The van der Waals surface area contributed by atoms with E-state index in [-0.39, 0.29) is 11.9 Å². The highest BCUT2D eigenvalue weighted by Crippen LogP contribution is 2.21. The van der Waals surface area contributed by atoms with Crippen molar-refractivity contribution >= 4 is 15.9 Å². The van der Waals surface area contributed by atoms with Crippen molar-refractivity contribution in [1.29, 1.82) is 0 Å². The molecule has 2 rings (SSSR count). The van der Waals surface area contributed by atoms with Gasteiger partial charge in [0, 0.05) is 17.7 Å². The highest BCUT2D eigenvalue weighted by molar-refractivity contribution is 9.10. The van der Waals surface area contributed by atoms with Crippen molar-refractivity contribution in [1.82, 2.24) is 9.55 Å². The molecule has 17 heavy (non-hydrogen) atoms. The van der Waals surface area contributed by atoms with Gasteiger partial charge in [0.15, 0.2) is 0 Å². The van der Waals surface area contributed by atoms with Crippen LogP contribution in [0, 0.1) is 5.82 Å². The fraction of sp³-hybridized carbons (Fsp3) is 0.250. The number of benzene rings is 1. The Morgan fingerprint density at radius 2 is 2.29 bits per heavy atom. The molecule has 0 radical (unpaired) electrons. The van der Waals surface area contributed by atoms with E-state index in [2.05, 4.69) is 20.9 Å². The summed E-state index contributed by atoms with van der Waals surface area (Å²) in [5.74, 6) is -0.231. The molecule has 0 bridgehead atoms. The maximum atomic E-state index is 13.6. The molecule has 0 saturated heterocycles. The van der Waals surface area contributed by atoms with Crippen LogP contribution >= 0.6 is 15.9 Å². The Balaban J connectivity index is 2.21. The van der Waals surface area contributed by atoms with Crippen molar-refractivity contribution in [2.45, 2.75) is 12.5 Å². The fourth-order valence-corrected chi connectivity index (χ4v) is 2.17. The minimum absolute atomic E-state index is 0.231. The van der Waals surface area contributed by atoms with E-state index in [1.54, 1.807) is 24.7 Å². The molecule has 3 nitrogen and oxygen atoms in total. The largest absolute Gasteiger partial charge is 0.336 e. The third kappa shape index (κ3) is 2.73. The molecule has 0 aliphatic rings. The lowest BCUT2D eigenvalue weighted by molar-refractivity contribution is 0.583. The first-order valence-corrected chi connectivity index (χ1v) is 6.03. The van der Waals surface area contributed by atoms with Gasteiger partial charge in [-0.15, -0.1) is 0 Å². The minimum atomic E-state index is -0.258. The smallest absolute Gasteiger partial charge is 0.126 e. The summed E-state index contributed by atoms with van der Waals surface area (Å²) in [6.45, 7) is 0. The van der Waals surface area contributed by atoms with Crippen LogP contribution in [-0.2, 0) is 13.5 Å². The van der Waals surface area contributed by atoms with Gasteiger partial charge < -0.3 is 10.3 Å². The van der Waals surface area contributed by atoms with Crippen LogP contribution in [0.15, 0.2) is 35.2 Å². The van der Waals surface area contributed by atoms with E-state index in [4.69, 9.17) is 5.73 Å². The number of aromatic nitrogens is 2. The minimum Gasteiger partial charge on any atom is -0.336 e. The Bertz CT molecular complexity index is 524. The first-order valence-electron chi connectivity index (χ1n) is 5.23. The maximum absolute atomic E-state index is 13.6. The molecule has 1 aromatic carbocycles. The van der Waals surface area contributed by atoms with Crippen LogP contribution in [0.1, 0.15) is 17.3 Å². The van der Waals surface area contributed by atoms with Crippen molar-refractivity contribution < 1.29 is 4.39 Å². The second-order valence-electron chi connectivity index (χ2n) is 3.98. The Labute approximate surface area is 108 Å². The Morgan fingerprint density at radius 3 is 2.94 bits per heavy atom. The molecule has 0 spiro atoms. The molecule has 90 valence electrons. The molecule has 1 unspecified atom stereocenters. The van der Waals surface area contributed by atoms with Crippen LogP contribution in [0.25, 0.3) is 0 Å². The van der Waals surface area contributed by atoms with Gasteiger partial charge in [0.25, 0.3) is 0 Å². The number of halogens is 2. The van der Waals surface area contributed by atoms with Gasteiger partial charge in [0.2, 0.25) is 0 Å². The van der Waals surface area contributed by atoms with Crippen LogP contribution in [0.4, 0.5) is 4.39 Å². The van der Waals surface area contributed by atoms with Crippen molar-refractivity contribution in [3.05, 3.63) is 52.3 Å². The predicted octanol–water partition coefficient (Wildman–Crippen LogP) is 2.56. The number of nitrogens with zero attached hydrogens (tertiary/aromatic N) is 2.